The summed E-state index contributed by atoms with van der Waals surface area (Å²) in [6, 6.07) is 1.40. The molecule has 0 heterocycles. The van der Waals surface area contributed by atoms with Gasteiger partial charge in [0.1, 0.15) is 0 Å². The van der Waals surface area contributed by atoms with Gasteiger partial charge in [-0.15, -0.1) is 0 Å². The Kier molecular flexibility index (Phi) is 3.72. The van der Waals surface area contributed by atoms with E-state index in [1.807, 2.05) is 4.90 Å². The lowest BCUT2D eigenvalue weighted by Gasteiger charge is -2.34. The molecule has 0 radical (unpaired) electrons. The van der Waals surface area contributed by atoms with E-state index >= 15 is 0 Å². The average molecular weight is 224 g/mol. The Bertz CT molecular complexity index is 240. The van der Waals surface area contributed by atoms with Crippen molar-refractivity contribution in [3.63, 3.8) is 0 Å². The quantitative estimate of drug-likeness (QED) is 0.720. The Labute approximate surface area is 98.8 Å². The van der Waals surface area contributed by atoms with Crippen LogP contribution in [0.15, 0.2) is 0 Å². The number of hydrogen-bond acceptors (Lipinski definition) is 1. The van der Waals surface area contributed by atoms with Crippen molar-refractivity contribution in [2.24, 2.45) is 0 Å². The van der Waals surface area contributed by atoms with Crippen molar-refractivity contribution in [2.75, 3.05) is 13.1 Å². The highest BCUT2D eigenvalue weighted by Crippen LogP contribution is 2.35. The van der Waals surface area contributed by atoms with Crippen molar-refractivity contribution in [1.82, 2.24) is 9.80 Å². The van der Waals surface area contributed by atoms with Crippen LogP contribution in [0.25, 0.3) is 0 Å². The SMILES string of the molecule is CCN(CC)C(=O)N(C1CCCC1)C1CC1. The van der Waals surface area contributed by atoms with E-state index in [1.54, 1.807) is 0 Å². The zero-order chi connectivity index (χ0) is 11.5. The molecule has 2 aliphatic carbocycles. The van der Waals surface area contributed by atoms with Gasteiger partial charge < -0.3 is 9.80 Å². The molecule has 2 aliphatic rings. The maximum absolute atomic E-state index is 12.4. The van der Waals surface area contributed by atoms with Crippen LogP contribution in [-0.2, 0) is 0 Å². The van der Waals surface area contributed by atoms with Crippen molar-refractivity contribution < 1.29 is 4.79 Å². The molecule has 0 N–H and O–H groups in total. The smallest absolute Gasteiger partial charge is 0.320 e. The van der Waals surface area contributed by atoms with E-state index in [2.05, 4.69) is 18.7 Å². The molecule has 0 atom stereocenters. The Morgan fingerprint density at radius 2 is 1.50 bits per heavy atom. The van der Waals surface area contributed by atoms with Gasteiger partial charge in [-0.25, -0.2) is 4.79 Å². The highest BCUT2D eigenvalue weighted by atomic mass is 16.2. The van der Waals surface area contributed by atoms with E-state index < -0.39 is 0 Å². The predicted molar refractivity (Wildman–Crippen MR) is 65.4 cm³/mol. The summed E-state index contributed by atoms with van der Waals surface area (Å²) in [6.45, 7) is 5.82. The highest BCUT2D eigenvalue weighted by molar-refractivity contribution is 5.75. The molecular weight excluding hydrogens is 200 g/mol. The molecule has 92 valence electrons. The summed E-state index contributed by atoms with van der Waals surface area (Å²) in [6.07, 6.45) is 7.51. The molecule has 0 aliphatic heterocycles. The van der Waals surface area contributed by atoms with Crippen LogP contribution in [0.2, 0.25) is 0 Å². The van der Waals surface area contributed by atoms with Crippen LogP contribution in [0, 0.1) is 0 Å². The molecule has 0 saturated heterocycles. The summed E-state index contributed by atoms with van der Waals surface area (Å²) in [7, 11) is 0. The molecule has 2 fully saturated rings. The van der Waals surface area contributed by atoms with E-state index in [9.17, 15) is 4.79 Å². The molecule has 2 saturated carbocycles. The summed E-state index contributed by atoms with van der Waals surface area (Å²) in [4.78, 5) is 16.6. The molecular formula is C13H24N2O. The zero-order valence-corrected chi connectivity index (χ0v) is 10.6. The second kappa shape index (κ2) is 5.07. The summed E-state index contributed by atoms with van der Waals surface area (Å²) in [5.41, 5.74) is 0. The van der Waals surface area contributed by atoms with E-state index in [0.29, 0.717) is 18.1 Å². The first-order valence-electron chi connectivity index (χ1n) is 6.85. The largest absolute Gasteiger partial charge is 0.325 e. The Hall–Kier alpha value is -0.730. The molecule has 3 heteroatoms. The van der Waals surface area contributed by atoms with E-state index in [1.165, 1.54) is 38.5 Å². The maximum atomic E-state index is 12.4. The van der Waals surface area contributed by atoms with Crippen LogP contribution < -0.4 is 0 Å². The molecule has 0 spiro atoms. The van der Waals surface area contributed by atoms with Crippen LogP contribution in [-0.4, -0.2) is 41.0 Å². The fourth-order valence-electron chi connectivity index (χ4n) is 2.80. The average Bonchev–Trinajstić information content (AvgIpc) is 2.96. The lowest BCUT2D eigenvalue weighted by Crippen LogP contribution is -2.48. The van der Waals surface area contributed by atoms with E-state index in [-0.39, 0.29) is 0 Å². The van der Waals surface area contributed by atoms with Crippen LogP contribution in [0.1, 0.15) is 52.4 Å². The molecule has 0 aromatic rings. The van der Waals surface area contributed by atoms with Crippen molar-refractivity contribution in [1.29, 1.82) is 0 Å². The van der Waals surface area contributed by atoms with Gasteiger partial charge in [0, 0.05) is 25.2 Å². The lowest BCUT2D eigenvalue weighted by atomic mass is 10.2. The van der Waals surface area contributed by atoms with Gasteiger partial charge in [0.2, 0.25) is 0 Å². The Morgan fingerprint density at radius 3 is 1.94 bits per heavy atom. The fraction of sp³-hybridized carbons (Fsp3) is 0.923. The second-order valence-electron chi connectivity index (χ2n) is 5.03. The van der Waals surface area contributed by atoms with Gasteiger partial charge >= 0.3 is 6.03 Å². The van der Waals surface area contributed by atoms with Crippen molar-refractivity contribution >= 4 is 6.03 Å². The minimum absolute atomic E-state index is 0.291. The highest BCUT2D eigenvalue weighted by Gasteiger charge is 2.39. The van der Waals surface area contributed by atoms with Crippen LogP contribution in [0.3, 0.4) is 0 Å². The fourth-order valence-corrected chi connectivity index (χ4v) is 2.80. The third-order valence-corrected chi connectivity index (χ3v) is 3.91. The second-order valence-corrected chi connectivity index (χ2v) is 5.03. The molecule has 0 aromatic heterocycles. The molecule has 0 bridgehead atoms. The number of carbonyl (C=O) groups is 1. The molecule has 2 amide bonds. The molecule has 0 aromatic carbocycles. The number of nitrogens with zero attached hydrogens (tertiary/aromatic N) is 2. The third-order valence-electron chi connectivity index (χ3n) is 3.91. The number of hydrogen-bond donors (Lipinski definition) is 0. The van der Waals surface area contributed by atoms with Crippen LogP contribution in [0.4, 0.5) is 4.79 Å². The van der Waals surface area contributed by atoms with Gasteiger partial charge in [-0.1, -0.05) is 12.8 Å². The van der Waals surface area contributed by atoms with E-state index in [4.69, 9.17) is 0 Å². The Morgan fingerprint density at radius 1 is 1.00 bits per heavy atom. The molecule has 0 unspecified atom stereocenters. The Balaban J connectivity index is 2.02. The third kappa shape index (κ3) is 2.33. The van der Waals surface area contributed by atoms with E-state index in [0.717, 1.165) is 13.1 Å². The summed E-state index contributed by atoms with van der Waals surface area (Å²) < 4.78 is 0. The number of carbonyl (C=O) groups excluding carboxylic acids is 1. The van der Waals surface area contributed by atoms with Gasteiger partial charge in [-0.05, 0) is 39.5 Å². The van der Waals surface area contributed by atoms with Gasteiger partial charge in [-0.2, -0.15) is 0 Å². The maximum Gasteiger partial charge on any atom is 0.320 e. The van der Waals surface area contributed by atoms with Gasteiger partial charge in [0.05, 0.1) is 0 Å². The number of amides is 2. The normalized spacial score (nSPS) is 21.1. The predicted octanol–water partition coefficient (Wildman–Crippen LogP) is 2.86. The monoisotopic (exact) mass is 224 g/mol. The topological polar surface area (TPSA) is 23.6 Å². The number of rotatable bonds is 4. The minimum atomic E-state index is 0.291. The minimum Gasteiger partial charge on any atom is -0.325 e. The molecule has 16 heavy (non-hydrogen) atoms. The standard InChI is InChI=1S/C13H24N2O/c1-3-14(4-2)13(16)15(12-9-10-12)11-7-5-6-8-11/h11-12H,3-10H2,1-2H3. The first-order chi connectivity index (χ1) is 7.77. The number of urea groups is 1. The first kappa shape index (κ1) is 11.7. The summed E-state index contributed by atoms with van der Waals surface area (Å²) in [5.74, 6) is 0. The molecule has 3 nitrogen and oxygen atoms in total. The van der Waals surface area contributed by atoms with Crippen molar-refractivity contribution in [3.05, 3.63) is 0 Å². The van der Waals surface area contributed by atoms with Gasteiger partial charge in [0.25, 0.3) is 0 Å². The van der Waals surface area contributed by atoms with Crippen LogP contribution >= 0.6 is 0 Å². The van der Waals surface area contributed by atoms with Crippen molar-refractivity contribution in [3.8, 4) is 0 Å². The first-order valence-corrected chi connectivity index (χ1v) is 6.85. The zero-order valence-electron chi connectivity index (χ0n) is 10.6. The lowest BCUT2D eigenvalue weighted by molar-refractivity contribution is 0.133. The van der Waals surface area contributed by atoms with Crippen LogP contribution in [0.5, 0.6) is 0 Å². The van der Waals surface area contributed by atoms with Crippen molar-refractivity contribution in [2.45, 2.75) is 64.5 Å². The molecule has 2 rings (SSSR count). The summed E-state index contributed by atoms with van der Waals surface area (Å²) in [5, 5.41) is 0. The summed E-state index contributed by atoms with van der Waals surface area (Å²) >= 11 is 0. The van der Waals surface area contributed by atoms with Gasteiger partial charge in [0.15, 0.2) is 0 Å². The van der Waals surface area contributed by atoms with Gasteiger partial charge in [-0.3, -0.25) is 0 Å².